The van der Waals surface area contributed by atoms with Crippen LogP contribution in [0.2, 0.25) is 5.02 Å². The molecule has 2 aromatic rings. The van der Waals surface area contributed by atoms with Crippen molar-refractivity contribution >= 4 is 38.7 Å². The minimum Gasteiger partial charge on any atom is -0.337 e. The minimum atomic E-state index is -3.39. The Labute approximate surface area is 139 Å². The van der Waals surface area contributed by atoms with Gasteiger partial charge in [-0.25, -0.2) is 8.42 Å². The second kappa shape index (κ2) is 6.40. The van der Waals surface area contributed by atoms with Crippen molar-refractivity contribution in [1.29, 1.82) is 0 Å². The molecule has 0 bridgehead atoms. The van der Waals surface area contributed by atoms with Crippen LogP contribution in [-0.4, -0.2) is 32.5 Å². The Hall–Kier alpha value is -1.37. The Morgan fingerprint density at radius 2 is 2.00 bits per heavy atom. The average molecular weight is 358 g/mol. The fourth-order valence-corrected chi connectivity index (χ4v) is 3.76. The third-order valence-electron chi connectivity index (χ3n) is 3.29. The summed E-state index contributed by atoms with van der Waals surface area (Å²) in [4.78, 5) is 15.2. The van der Waals surface area contributed by atoms with E-state index in [2.05, 4.69) is 0 Å². The Morgan fingerprint density at radius 3 is 2.55 bits per heavy atom. The molecule has 0 atom stereocenters. The third-order valence-corrected chi connectivity index (χ3v) is 5.74. The Bertz CT molecular complexity index is 812. The summed E-state index contributed by atoms with van der Waals surface area (Å²) in [7, 11) is -1.71. The van der Waals surface area contributed by atoms with Crippen LogP contribution in [0, 0.1) is 6.92 Å². The van der Waals surface area contributed by atoms with Crippen LogP contribution in [0.5, 0.6) is 0 Å². The van der Waals surface area contributed by atoms with Crippen molar-refractivity contribution in [3.63, 3.8) is 0 Å². The van der Waals surface area contributed by atoms with Crippen molar-refractivity contribution in [2.45, 2.75) is 18.4 Å². The van der Waals surface area contributed by atoms with Gasteiger partial charge in [-0.05, 0) is 42.1 Å². The number of thiophene rings is 1. The highest BCUT2D eigenvalue weighted by atomic mass is 35.5. The predicted molar refractivity (Wildman–Crippen MR) is 89.4 cm³/mol. The zero-order chi connectivity index (χ0) is 16.5. The summed E-state index contributed by atoms with van der Waals surface area (Å²) >= 11 is 7.64. The smallest absolute Gasteiger partial charge is 0.255 e. The molecule has 0 unspecified atom stereocenters. The molecule has 22 heavy (non-hydrogen) atoms. The van der Waals surface area contributed by atoms with E-state index in [0.717, 1.165) is 16.7 Å². The fourth-order valence-electron chi connectivity index (χ4n) is 1.96. The molecule has 0 spiro atoms. The second-order valence-corrected chi connectivity index (χ2v) is 8.53. The van der Waals surface area contributed by atoms with Crippen LogP contribution < -0.4 is 0 Å². The highest BCUT2D eigenvalue weighted by Crippen LogP contribution is 2.23. The maximum atomic E-state index is 12.5. The quantitative estimate of drug-likeness (QED) is 0.842. The van der Waals surface area contributed by atoms with Gasteiger partial charge in [0.15, 0.2) is 9.84 Å². The second-order valence-electron chi connectivity index (χ2n) is 5.10. The first kappa shape index (κ1) is 17.0. The van der Waals surface area contributed by atoms with Gasteiger partial charge in [-0.15, -0.1) is 11.3 Å². The van der Waals surface area contributed by atoms with Gasteiger partial charge in [-0.3, -0.25) is 4.79 Å². The molecule has 0 aliphatic carbocycles. The summed E-state index contributed by atoms with van der Waals surface area (Å²) in [6.45, 7) is 2.45. The molecular weight excluding hydrogens is 342 g/mol. The summed E-state index contributed by atoms with van der Waals surface area (Å²) in [5.41, 5.74) is 1.32. The molecule has 118 valence electrons. The van der Waals surface area contributed by atoms with E-state index in [1.165, 1.54) is 23.1 Å². The lowest BCUT2D eigenvalue weighted by Gasteiger charge is -2.18. The SMILES string of the molecule is Cc1ccsc1CN(C)C(=O)c1cc(S(C)(=O)=O)ccc1Cl. The minimum absolute atomic E-state index is 0.0842. The Balaban J connectivity index is 2.31. The number of aryl methyl sites for hydroxylation is 1. The first-order valence-corrected chi connectivity index (χ1v) is 9.63. The van der Waals surface area contributed by atoms with E-state index in [-0.39, 0.29) is 21.4 Å². The van der Waals surface area contributed by atoms with Gasteiger partial charge < -0.3 is 4.90 Å². The van der Waals surface area contributed by atoms with Gasteiger partial charge >= 0.3 is 0 Å². The standard InChI is InChI=1S/C15H16ClNO3S2/c1-10-6-7-21-14(10)9-17(2)15(18)12-8-11(22(3,19)20)4-5-13(12)16/h4-8H,9H2,1-3H3. The zero-order valence-corrected chi connectivity index (χ0v) is 14.8. The molecule has 1 amide bonds. The van der Waals surface area contributed by atoms with Gasteiger partial charge in [-0.1, -0.05) is 11.6 Å². The number of sulfone groups is 1. The van der Waals surface area contributed by atoms with E-state index in [1.54, 1.807) is 18.4 Å². The van der Waals surface area contributed by atoms with E-state index in [1.807, 2.05) is 18.4 Å². The van der Waals surface area contributed by atoms with Gasteiger partial charge in [0.1, 0.15) is 0 Å². The van der Waals surface area contributed by atoms with Crippen molar-refractivity contribution in [2.75, 3.05) is 13.3 Å². The lowest BCUT2D eigenvalue weighted by atomic mass is 10.2. The number of halogens is 1. The topological polar surface area (TPSA) is 54.5 Å². The largest absolute Gasteiger partial charge is 0.337 e. The number of nitrogens with zero attached hydrogens (tertiary/aromatic N) is 1. The van der Waals surface area contributed by atoms with Gasteiger partial charge in [0.05, 0.1) is 22.0 Å². The maximum Gasteiger partial charge on any atom is 0.255 e. The molecule has 1 heterocycles. The first-order chi connectivity index (χ1) is 10.2. The monoisotopic (exact) mass is 357 g/mol. The average Bonchev–Trinajstić information content (AvgIpc) is 2.82. The molecule has 0 saturated carbocycles. The van der Waals surface area contributed by atoms with Crippen LogP contribution in [0.3, 0.4) is 0 Å². The van der Waals surface area contributed by atoms with Crippen LogP contribution in [-0.2, 0) is 16.4 Å². The summed E-state index contributed by atoms with van der Waals surface area (Å²) in [5.74, 6) is -0.302. The van der Waals surface area contributed by atoms with Crippen molar-refractivity contribution < 1.29 is 13.2 Å². The van der Waals surface area contributed by atoms with E-state index >= 15 is 0 Å². The van der Waals surface area contributed by atoms with Gasteiger partial charge in [-0.2, -0.15) is 0 Å². The molecule has 0 fully saturated rings. The summed E-state index contributed by atoms with van der Waals surface area (Å²) in [5, 5.41) is 2.22. The molecule has 4 nitrogen and oxygen atoms in total. The number of hydrogen-bond acceptors (Lipinski definition) is 4. The van der Waals surface area contributed by atoms with E-state index in [0.29, 0.717) is 6.54 Å². The van der Waals surface area contributed by atoms with Crippen molar-refractivity contribution in [1.82, 2.24) is 4.90 Å². The van der Waals surface area contributed by atoms with Gasteiger partial charge in [0.25, 0.3) is 5.91 Å². The number of carbonyl (C=O) groups is 1. The van der Waals surface area contributed by atoms with Crippen molar-refractivity contribution in [3.05, 3.63) is 50.7 Å². The lowest BCUT2D eigenvalue weighted by Crippen LogP contribution is -2.26. The van der Waals surface area contributed by atoms with Crippen molar-refractivity contribution in [3.8, 4) is 0 Å². The number of benzene rings is 1. The summed E-state index contributed by atoms with van der Waals surface area (Å²) in [6.07, 6.45) is 1.10. The van der Waals surface area contributed by atoms with Crippen LogP contribution in [0.1, 0.15) is 20.8 Å². The number of hydrogen-bond donors (Lipinski definition) is 0. The number of amides is 1. The highest BCUT2D eigenvalue weighted by Gasteiger charge is 2.19. The molecular formula is C15H16ClNO3S2. The summed E-state index contributed by atoms with van der Waals surface area (Å²) in [6, 6.07) is 6.17. The van der Waals surface area contributed by atoms with E-state index in [4.69, 9.17) is 11.6 Å². The molecule has 0 saturated heterocycles. The van der Waals surface area contributed by atoms with Crippen molar-refractivity contribution in [2.24, 2.45) is 0 Å². The lowest BCUT2D eigenvalue weighted by molar-refractivity contribution is 0.0786. The molecule has 0 radical (unpaired) electrons. The highest BCUT2D eigenvalue weighted by molar-refractivity contribution is 7.90. The first-order valence-electron chi connectivity index (χ1n) is 6.48. The van der Waals surface area contributed by atoms with Crippen LogP contribution in [0.4, 0.5) is 0 Å². The number of rotatable bonds is 4. The van der Waals surface area contributed by atoms with Crippen LogP contribution >= 0.6 is 22.9 Å². The van der Waals surface area contributed by atoms with Gasteiger partial charge in [0, 0.05) is 18.2 Å². The number of carbonyl (C=O) groups excluding carboxylic acids is 1. The Kier molecular flexibility index (Phi) is 4.94. The van der Waals surface area contributed by atoms with E-state index < -0.39 is 9.84 Å². The molecule has 0 aliphatic heterocycles. The third kappa shape index (κ3) is 3.69. The molecule has 0 aliphatic rings. The fraction of sp³-hybridized carbons (Fsp3) is 0.267. The van der Waals surface area contributed by atoms with Gasteiger partial charge in [0.2, 0.25) is 0 Å². The molecule has 2 rings (SSSR count). The Morgan fingerprint density at radius 1 is 1.32 bits per heavy atom. The van der Waals surface area contributed by atoms with Crippen LogP contribution in [0.15, 0.2) is 34.5 Å². The normalized spacial score (nSPS) is 11.5. The molecule has 7 heteroatoms. The van der Waals surface area contributed by atoms with Crippen LogP contribution in [0.25, 0.3) is 0 Å². The molecule has 1 aromatic heterocycles. The van der Waals surface area contributed by atoms with E-state index in [9.17, 15) is 13.2 Å². The predicted octanol–water partition coefficient (Wildman–Crippen LogP) is 3.39. The maximum absolute atomic E-state index is 12.5. The molecule has 0 N–H and O–H groups in total. The molecule has 1 aromatic carbocycles. The zero-order valence-electron chi connectivity index (χ0n) is 12.5. The summed E-state index contributed by atoms with van der Waals surface area (Å²) < 4.78 is 23.2.